The van der Waals surface area contributed by atoms with E-state index in [1.807, 2.05) is 49.6 Å². The van der Waals surface area contributed by atoms with E-state index in [1.54, 1.807) is 10.9 Å². The van der Waals surface area contributed by atoms with Gasteiger partial charge >= 0.3 is 0 Å². The summed E-state index contributed by atoms with van der Waals surface area (Å²) >= 11 is 0. The first-order valence-electron chi connectivity index (χ1n) is 8.31. The highest BCUT2D eigenvalue weighted by Crippen LogP contribution is 2.24. The number of likely N-dealkylation sites (tertiary alicyclic amines) is 1. The van der Waals surface area contributed by atoms with Crippen LogP contribution in [0.5, 0.6) is 0 Å². The molecule has 24 heavy (non-hydrogen) atoms. The van der Waals surface area contributed by atoms with Crippen LogP contribution in [0.2, 0.25) is 0 Å². The largest absolute Gasteiger partial charge is 0.380 e. The third-order valence-corrected chi connectivity index (χ3v) is 4.67. The van der Waals surface area contributed by atoms with E-state index in [2.05, 4.69) is 15.3 Å². The topological polar surface area (TPSA) is 70.4 Å². The summed E-state index contributed by atoms with van der Waals surface area (Å²) < 4.78 is 1.79. The molecule has 6 heteroatoms. The lowest BCUT2D eigenvalue weighted by molar-refractivity contribution is -0.145. The van der Waals surface area contributed by atoms with E-state index in [-0.39, 0.29) is 11.9 Å². The normalized spacial score (nSPS) is 18.9. The zero-order valence-electron chi connectivity index (χ0n) is 13.9. The van der Waals surface area contributed by atoms with Gasteiger partial charge in [0.2, 0.25) is 0 Å². The summed E-state index contributed by atoms with van der Waals surface area (Å²) in [5, 5.41) is 18.0. The Morgan fingerprint density at radius 2 is 2.00 bits per heavy atom. The summed E-state index contributed by atoms with van der Waals surface area (Å²) in [4.78, 5) is 14.9. The number of hydrogen-bond acceptors (Lipinski definition) is 4. The quantitative estimate of drug-likeness (QED) is 0.865. The number of benzene rings is 1. The highest BCUT2D eigenvalue weighted by Gasteiger charge is 2.39. The van der Waals surface area contributed by atoms with Crippen molar-refractivity contribution in [3.05, 3.63) is 54.4 Å². The van der Waals surface area contributed by atoms with Gasteiger partial charge in [-0.3, -0.25) is 9.48 Å². The number of hydrogen-bond donors (Lipinski definition) is 2. The second-order valence-corrected chi connectivity index (χ2v) is 6.50. The first kappa shape index (κ1) is 16.7. The van der Waals surface area contributed by atoms with Gasteiger partial charge in [-0.2, -0.15) is 5.10 Å². The molecule has 1 atom stereocenters. The van der Waals surface area contributed by atoms with Gasteiger partial charge in [-0.05, 0) is 31.5 Å². The highest BCUT2D eigenvalue weighted by atomic mass is 16.3. The van der Waals surface area contributed by atoms with Crippen LogP contribution >= 0.6 is 0 Å². The summed E-state index contributed by atoms with van der Waals surface area (Å²) in [5.41, 5.74) is -0.290. The smallest absolute Gasteiger partial charge is 0.252 e. The first-order valence-corrected chi connectivity index (χ1v) is 8.31. The first-order chi connectivity index (χ1) is 11.6. The molecule has 2 heterocycles. The lowest BCUT2D eigenvalue weighted by Gasteiger charge is -2.36. The number of nitrogens with one attached hydrogen (secondary N) is 1. The average molecular weight is 328 g/mol. The Bertz CT molecular complexity index is 649. The van der Waals surface area contributed by atoms with Gasteiger partial charge in [-0.1, -0.05) is 30.3 Å². The van der Waals surface area contributed by atoms with Gasteiger partial charge in [0.25, 0.3) is 5.91 Å². The Kier molecular flexibility index (Phi) is 4.97. The van der Waals surface area contributed by atoms with Crippen LogP contribution < -0.4 is 5.32 Å². The molecule has 0 spiro atoms. The van der Waals surface area contributed by atoms with Crippen molar-refractivity contribution in [1.82, 2.24) is 20.0 Å². The van der Waals surface area contributed by atoms with E-state index in [1.165, 1.54) is 0 Å². The average Bonchev–Trinajstić information content (AvgIpc) is 3.11. The number of nitrogens with zero attached hydrogens (tertiary/aromatic N) is 3. The van der Waals surface area contributed by atoms with Gasteiger partial charge in [-0.25, -0.2) is 0 Å². The maximum absolute atomic E-state index is 12.7. The lowest BCUT2D eigenvalue weighted by Crippen LogP contribution is -2.54. The maximum atomic E-state index is 12.7. The molecule has 1 aliphatic heterocycles. The molecule has 1 saturated heterocycles. The van der Waals surface area contributed by atoms with E-state index in [0.717, 1.165) is 18.7 Å². The van der Waals surface area contributed by atoms with Crippen LogP contribution in [0.25, 0.3) is 0 Å². The van der Waals surface area contributed by atoms with Gasteiger partial charge in [0, 0.05) is 25.5 Å². The number of rotatable bonds is 5. The van der Waals surface area contributed by atoms with Crippen LogP contribution in [0.3, 0.4) is 0 Å². The molecule has 1 unspecified atom stereocenters. The third kappa shape index (κ3) is 3.83. The Labute approximate surface area is 142 Å². The predicted molar refractivity (Wildman–Crippen MR) is 91.2 cm³/mol. The zero-order valence-corrected chi connectivity index (χ0v) is 13.9. The fourth-order valence-corrected chi connectivity index (χ4v) is 3.02. The molecule has 0 saturated carbocycles. The van der Waals surface area contributed by atoms with Gasteiger partial charge in [0.15, 0.2) is 0 Å². The molecule has 2 aromatic rings. The molecule has 1 aliphatic rings. The van der Waals surface area contributed by atoms with Crippen LogP contribution in [0.15, 0.2) is 48.8 Å². The van der Waals surface area contributed by atoms with Crippen molar-refractivity contribution in [2.75, 3.05) is 20.1 Å². The van der Waals surface area contributed by atoms with Gasteiger partial charge in [0.1, 0.15) is 5.60 Å². The molecule has 2 N–H and O–H groups in total. The molecule has 1 aromatic heterocycles. The molecule has 0 radical (unpaired) electrons. The van der Waals surface area contributed by atoms with Crippen molar-refractivity contribution < 1.29 is 9.90 Å². The van der Waals surface area contributed by atoms with Crippen molar-refractivity contribution in [1.29, 1.82) is 0 Å². The molecule has 3 rings (SSSR count). The zero-order chi connectivity index (χ0) is 17.0. The van der Waals surface area contributed by atoms with E-state index >= 15 is 0 Å². The molecule has 1 aromatic carbocycles. The minimum Gasteiger partial charge on any atom is -0.380 e. The summed E-state index contributed by atoms with van der Waals surface area (Å²) in [6.07, 6.45) is 4.50. The maximum Gasteiger partial charge on any atom is 0.252 e. The summed E-state index contributed by atoms with van der Waals surface area (Å²) in [6.45, 7) is 1.97. The number of aliphatic hydroxyl groups is 1. The Hall–Kier alpha value is -2.18. The Morgan fingerprint density at radius 1 is 1.29 bits per heavy atom. The van der Waals surface area contributed by atoms with Crippen LogP contribution in [0.1, 0.15) is 24.4 Å². The Balaban J connectivity index is 1.75. The summed E-state index contributed by atoms with van der Waals surface area (Å²) in [6, 6.07) is 11.4. The predicted octanol–water partition coefficient (Wildman–Crippen LogP) is 1.20. The monoisotopic (exact) mass is 328 g/mol. The van der Waals surface area contributed by atoms with Crippen molar-refractivity contribution in [3.63, 3.8) is 0 Å². The van der Waals surface area contributed by atoms with Crippen molar-refractivity contribution in [2.45, 2.75) is 31.0 Å². The van der Waals surface area contributed by atoms with Crippen molar-refractivity contribution in [3.8, 4) is 0 Å². The Morgan fingerprint density at radius 3 is 2.62 bits per heavy atom. The van der Waals surface area contributed by atoms with Gasteiger partial charge < -0.3 is 15.3 Å². The SMILES string of the molecule is CN1CCC(O)(C(=O)NC(Cn2cccn2)c2ccccc2)CC1. The van der Waals surface area contributed by atoms with Crippen LogP contribution in [-0.2, 0) is 11.3 Å². The van der Waals surface area contributed by atoms with E-state index < -0.39 is 5.60 Å². The molecule has 0 bridgehead atoms. The highest BCUT2D eigenvalue weighted by molar-refractivity contribution is 5.85. The second-order valence-electron chi connectivity index (χ2n) is 6.50. The van der Waals surface area contributed by atoms with Crippen molar-refractivity contribution in [2.24, 2.45) is 0 Å². The minimum atomic E-state index is -1.29. The number of aromatic nitrogens is 2. The van der Waals surface area contributed by atoms with E-state index in [4.69, 9.17) is 0 Å². The summed E-state index contributed by atoms with van der Waals surface area (Å²) in [7, 11) is 2.00. The number of carbonyl (C=O) groups excluding carboxylic acids is 1. The number of amides is 1. The molecule has 6 nitrogen and oxygen atoms in total. The third-order valence-electron chi connectivity index (χ3n) is 4.67. The molecular formula is C18H24N4O2. The standard InChI is InChI=1S/C18H24N4O2/c1-21-12-8-18(24,9-13-21)17(23)20-16(14-22-11-5-10-19-22)15-6-3-2-4-7-15/h2-7,10-11,16,24H,8-9,12-14H2,1H3,(H,20,23). The van der Waals surface area contributed by atoms with Crippen molar-refractivity contribution >= 4 is 5.91 Å². The molecular weight excluding hydrogens is 304 g/mol. The number of carbonyl (C=O) groups is 1. The molecule has 1 fully saturated rings. The van der Waals surface area contributed by atoms with Gasteiger partial charge in [0.05, 0.1) is 12.6 Å². The van der Waals surface area contributed by atoms with Crippen LogP contribution in [0, 0.1) is 0 Å². The minimum absolute atomic E-state index is 0.234. The summed E-state index contributed by atoms with van der Waals surface area (Å²) in [5.74, 6) is -0.295. The van der Waals surface area contributed by atoms with Crippen LogP contribution in [0.4, 0.5) is 0 Å². The fourth-order valence-electron chi connectivity index (χ4n) is 3.02. The fraction of sp³-hybridized carbons (Fsp3) is 0.444. The lowest BCUT2D eigenvalue weighted by atomic mass is 9.90. The second kappa shape index (κ2) is 7.15. The van der Waals surface area contributed by atoms with Crippen LogP contribution in [-0.4, -0.2) is 51.4 Å². The number of piperidine rings is 1. The molecule has 0 aliphatic carbocycles. The molecule has 128 valence electrons. The van der Waals surface area contributed by atoms with Gasteiger partial charge in [-0.15, -0.1) is 0 Å². The molecule has 1 amide bonds. The van der Waals surface area contributed by atoms with E-state index in [0.29, 0.717) is 19.4 Å². The van der Waals surface area contributed by atoms with E-state index in [9.17, 15) is 9.90 Å².